The van der Waals surface area contributed by atoms with Crippen molar-refractivity contribution in [3.05, 3.63) is 34.7 Å². The van der Waals surface area contributed by atoms with E-state index in [2.05, 4.69) is 10.2 Å². The molecule has 18 heavy (non-hydrogen) atoms. The summed E-state index contributed by atoms with van der Waals surface area (Å²) in [5.41, 5.74) is 0.280. The number of halogens is 1. The highest BCUT2D eigenvalue weighted by Crippen LogP contribution is 2.31. The fourth-order valence-corrected chi connectivity index (χ4v) is 1.41. The smallest absolute Gasteiger partial charge is 0.183 e. The normalized spacial score (nSPS) is 12.4. The number of carbonyl (C=O) groups excluding carboxylic acids is 1. The second-order valence-corrected chi connectivity index (χ2v) is 3.94. The first kappa shape index (κ1) is 14.2. The number of aliphatic hydroxyl groups excluding tert-OH is 1. The molecule has 0 aliphatic rings. The second kappa shape index (κ2) is 6.16. The maximum Gasteiger partial charge on any atom is 0.183 e. The summed E-state index contributed by atoms with van der Waals surface area (Å²) in [6.45, 7) is 2.66. The number of azo groups is 1. The van der Waals surface area contributed by atoms with Crippen molar-refractivity contribution in [2.24, 2.45) is 10.2 Å². The molecule has 1 rings (SSSR count). The Bertz CT molecular complexity index is 520. The Morgan fingerprint density at radius 2 is 2.06 bits per heavy atom. The van der Waals surface area contributed by atoms with Gasteiger partial charge in [0.05, 0.1) is 7.11 Å². The molecule has 5 nitrogen and oxygen atoms in total. The molecule has 0 fully saturated rings. The van der Waals surface area contributed by atoms with Gasteiger partial charge in [-0.1, -0.05) is 11.6 Å². The molecule has 96 valence electrons. The largest absolute Gasteiger partial charge is 0.510 e. The van der Waals surface area contributed by atoms with Crippen LogP contribution in [-0.4, -0.2) is 18.0 Å². The first-order valence-electron chi connectivity index (χ1n) is 5.11. The number of benzene rings is 1. The number of Topliss-reactive ketones (excluding diaryl/α,β-unsaturated/α-hetero) is 1. The van der Waals surface area contributed by atoms with E-state index in [0.717, 1.165) is 0 Å². The van der Waals surface area contributed by atoms with Gasteiger partial charge in [-0.25, -0.2) is 0 Å². The average Bonchev–Trinajstić information content (AvgIpc) is 2.28. The lowest BCUT2D eigenvalue weighted by Gasteiger charge is -2.03. The lowest BCUT2D eigenvalue weighted by Crippen LogP contribution is -1.96. The van der Waals surface area contributed by atoms with E-state index in [1.165, 1.54) is 21.0 Å². The summed E-state index contributed by atoms with van der Waals surface area (Å²) in [7, 11) is 1.49. The SMILES string of the molecule is COc1ccc(Cl)cc1N=NC(C(C)=O)=C(C)O. The summed E-state index contributed by atoms with van der Waals surface area (Å²) >= 11 is 5.83. The molecule has 0 radical (unpaired) electrons. The molecule has 6 heteroatoms. The molecule has 0 saturated heterocycles. The van der Waals surface area contributed by atoms with Gasteiger partial charge in [-0.05, 0) is 25.1 Å². The van der Waals surface area contributed by atoms with E-state index in [4.69, 9.17) is 16.3 Å². The summed E-state index contributed by atoms with van der Waals surface area (Å²) < 4.78 is 5.08. The van der Waals surface area contributed by atoms with Gasteiger partial charge in [0.2, 0.25) is 0 Å². The van der Waals surface area contributed by atoms with Gasteiger partial charge in [0.15, 0.2) is 11.5 Å². The third-order valence-electron chi connectivity index (χ3n) is 2.07. The molecule has 0 bridgehead atoms. The highest BCUT2D eigenvalue weighted by Gasteiger charge is 2.08. The fourth-order valence-electron chi connectivity index (χ4n) is 1.24. The van der Waals surface area contributed by atoms with Crippen molar-refractivity contribution in [1.29, 1.82) is 0 Å². The monoisotopic (exact) mass is 268 g/mol. The molecule has 0 amide bonds. The number of ether oxygens (including phenoxy) is 1. The number of carbonyl (C=O) groups is 1. The number of hydrogen-bond acceptors (Lipinski definition) is 5. The van der Waals surface area contributed by atoms with Crippen LogP contribution in [0.5, 0.6) is 5.75 Å². The highest BCUT2D eigenvalue weighted by atomic mass is 35.5. The van der Waals surface area contributed by atoms with E-state index in [-0.39, 0.29) is 17.2 Å². The summed E-state index contributed by atoms with van der Waals surface area (Å²) in [4.78, 5) is 11.2. The van der Waals surface area contributed by atoms with Crippen LogP contribution in [0.4, 0.5) is 5.69 Å². The highest BCUT2D eigenvalue weighted by molar-refractivity contribution is 6.30. The summed E-state index contributed by atoms with van der Waals surface area (Å²) in [6, 6.07) is 4.84. The molecule has 0 heterocycles. The molecule has 1 aromatic carbocycles. The van der Waals surface area contributed by atoms with Crippen LogP contribution in [0.25, 0.3) is 0 Å². The van der Waals surface area contributed by atoms with Crippen LogP contribution in [0.2, 0.25) is 5.02 Å². The molecule has 0 spiro atoms. The third-order valence-corrected chi connectivity index (χ3v) is 2.31. The fraction of sp³-hybridized carbons (Fsp3) is 0.250. The van der Waals surface area contributed by atoms with Crippen LogP contribution in [-0.2, 0) is 4.79 Å². The van der Waals surface area contributed by atoms with Gasteiger partial charge in [-0.3, -0.25) is 4.79 Å². The van der Waals surface area contributed by atoms with E-state index in [1.807, 2.05) is 0 Å². The van der Waals surface area contributed by atoms with Crippen molar-refractivity contribution in [1.82, 2.24) is 0 Å². The van der Waals surface area contributed by atoms with Crippen molar-refractivity contribution < 1.29 is 14.6 Å². The van der Waals surface area contributed by atoms with Crippen LogP contribution in [0.1, 0.15) is 13.8 Å². The van der Waals surface area contributed by atoms with Crippen LogP contribution in [0, 0.1) is 0 Å². The van der Waals surface area contributed by atoms with Gasteiger partial charge in [0.1, 0.15) is 17.2 Å². The topological polar surface area (TPSA) is 71.2 Å². The Labute approximate surface area is 110 Å². The molecule has 0 aromatic heterocycles. The molecule has 0 aliphatic carbocycles. The van der Waals surface area contributed by atoms with E-state index in [0.29, 0.717) is 16.5 Å². The minimum atomic E-state index is -0.375. The molecular weight excluding hydrogens is 256 g/mol. The Morgan fingerprint density at radius 3 is 2.56 bits per heavy atom. The molecule has 0 saturated carbocycles. The molecule has 0 unspecified atom stereocenters. The van der Waals surface area contributed by atoms with Gasteiger partial charge in [-0.15, -0.1) is 10.2 Å². The standard InChI is InChI=1S/C12H13ClN2O3/c1-7(16)12(8(2)17)15-14-10-6-9(13)4-5-11(10)18-3/h4-6,16H,1-3H3. The third kappa shape index (κ3) is 3.56. The van der Waals surface area contributed by atoms with Gasteiger partial charge >= 0.3 is 0 Å². The first-order valence-corrected chi connectivity index (χ1v) is 5.49. The predicted octanol–water partition coefficient (Wildman–Crippen LogP) is 3.81. The summed E-state index contributed by atoms with van der Waals surface area (Å²) in [5, 5.41) is 17.3. The zero-order valence-corrected chi connectivity index (χ0v) is 11.0. The van der Waals surface area contributed by atoms with Crippen LogP contribution < -0.4 is 4.74 Å². The van der Waals surface area contributed by atoms with E-state index < -0.39 is 0 Å². The van der Waals surface area contributed by atoms with Crippen molar-refractivity contribution in [3.63, 3.8) is 0 Å². The summed E-state index contributed by atoms with van der Waals surface area (Å²) in [6.07, 6.45) is 0. The molecule has 1 aromatic rings. The van der Waals surface area contributed by atoms with Crippen LogP contribution >= 0.6 is 11.6 Å². The van der Waals surface area contributed by atoms with Gasteiger partial charge < -0.3 is 9.84 Å². The average molecular weight is 269 g/mol. The van der Waals surface area contributed by atoms with Gasteiger partial charge in [0.25, 0.3) is 0 Å². The number of methoxy groups -OCH3 is 1. The molecule has 0 aliphatic heterocycles. The van der Waals surface area contributed by atoms with Crippen LogP contribution in [0.15, 0.2) is 39.9 Å². The van der Waals surface area contributed by atoms with E-state index in [1.54, 1.807) is 18.2 Å². The van der Waals surface area contributed by atoms with E-state index in [9.17, 15) is 9.90 Å². The minimum Gasteiger partial charge on any atom is -0.510 e. The van der Waals surface area contributed by atoms with Crippen molar-refractivity contribution >= 4 is 23.1 Å². The van der Waals surface area contributed by atoms with Gasteiger partial charge in [-0.2, -0.15) is 0 Å². The predicted molar refractivity (Wildman–Crippen MR) is 68.5 cm³/mol. The molecule has 0 atom stereocenters. The molecule has 1 N–H and O–H groups in total. The Morgan fingerprint density at radius 1 is 1.39 bits per heavy atom. The zero-order valence-electron chi connectivity index (χ0n) is 10.3. The van der Waals surface area contributed by atoms with Crippen molar-refractivity contribution in [2.45, 2.75) is 13.8 Å². The zero-order chi connectivity index (χ0) is 13.7. The Balaban J connectivity index is 3.14. The maximum atomic E-state index is 11.2. The molecular formula is C12H13ClN2O3. The Kier molecular flexibility index (Phi) is 4.85. The van der Waals surface area contributed by atoms with E-state index >= 15 is 0 Å². The van der Waals surface area contributed by atoms with Crippen molar-refractivity contribution in [2.75, 3.05) is 7.11 Å². The lowest BCUT2D eigenvalue weighted by molar-refractivity contribution is -0.113. The number of aliphatic hydroxyl groups is 1. The number of hydrogen-bond donors (Lipinski definition) is 1. The van der Waals surface area contributed by atoms with Crippen molar-refractivity contribution in [3.8, 4) is 5.75 Å². The quantitative estimate of drug-likeness (QED) is 0.513. The van der Waals surface area contributed by atoms with Crippen LogP contribution in [0.3, 0.4) is 0 Å². The first-order chi connectivity index (χ1) is 8.45. The Hall–Kier alpha value is -1.88. The number of rotatable bonds is 4. The second-order valence-electron chi connectivity index (χ2n) is 3.51. The summed E-state index contributed by atoms with van der Waals surface area (Å²) in [5.74, 6) is -0.0892. The lowest BCUT2D eigenvalue weighted by atomic mass is 10.3. The number of allylic oxidation sites excluding steroid dienone is 2. The number of ketones is 1. The van der Waals surface area contributed by atoms with Gasteiger partial charge in [0, 0.05) is 11.9 Å². The maximum absolute atomic E-state index is 11.2. The number of nitrogens with zero attached hydrogens (tertiary/aromatic N) is 2. The minimum absolute atomic E-state index is 0.1000.